The van der Waals surface area contributed by atoms with Crippen LogP contribution in [-0.4, -0.2) is 48.0 Å². The Balaban J connectivity index is 2.30. The van der Waals surface area contributed by atoms with Gasteiger partial charge in [-0.3, -0.25) is 19.9 Å². The summed E-state index contributed by atoms with van der Waals surface area (Å²) < 4.78 is -0.221. The maximum absolute atomic E-state index is 12.2. The minimum atomic E-state index is -1.25. The average Bonchev–Trinajstić information content (AvgIpc) is 2.64. The molecule has 2 rings (SSSR count). The molecule has 0 unspecified atom stereocenters. The number of benzene rings is 1. The molecule has 11 nitrogen and oxygen atoms in total. The van der Waals surface area contributed by atoms with Gasteiger partial charge >= 0.3 is 0 Å². The van der Waals surface area contributed by atoms with Crippen molar-refractivity contribution in [2.24, 2.45) is 0 Å². The summed E-state index contributed by atoms with van der Waals surface area (Å²) in [5, 5.41) is 60.4. The summed E-state index contributed by atoms with van der Waals surface area (Å²) in [5.74, 6) is -4.90. The predicted molar refractivity (Wildman–Crippen MR) is 87.0 cm³/mol. The third-order valence-corrected chi connectivity index (χ3v) is 3.63. The van der Waals surface area contributed by atoms with Gasteiger partial charge in [0, 0.05) is 6.54 Å². The first kappa shape index (κ1) is 18.7. The fraction of sp³-hybridized carbons (Fsp3) is 0.200. The molecule has 0 radical (unpaired) electrons. The van der Waals surface area contributed by atoms with Crippen LogP contribution in [0.1, 0.15) is 22.8 Å². The summed E-state index contributed by atoms with van der Waals surface area (Å²) in [6.45, 7) is 1.14. The highest BCUT2D eigenvalue weighted by Gasteiger charge is 2.22. The number of pyridine rings is 1. The molecule has 1 aromatic heterocycles. The third kappa shape index (κ3) is 3.15. The molecule has 0 spiro atoms. The topological polar surface area (TPSA) is 176 Å². The maximum atomic E-state index is 12.2. The van der Waals surface area contributed by atoms with E-state index in [2.05, 4.69) is 5.32 Å². The normalized spacial score (nSPS) is 10.5. The summed E-state index contributed by atoms with van der Waals surface area (Å²) >= 11 is 0. The summed E-state index contributed by atoms with van der Waals surface area (Å²) in [5.41, 5.74) is -2.02. The molecule has 0 atom stereocenters. The van der Waals surface area contributed by atoms with Crippen molar-refractivity contribution >= 4 is 11.6 Å². The molecule has 0 saturated carbocycles. The van der Waals surface area contributed by atoms with E-state index in [0.717, 1.165) is 5.06 Å². The van der Waals surface area contributed by atoms with Crippen LogP contribution >= 0.6 is 0 Å². The Morgan fingerprint density at radius 2 is 1.81 bits per heavy atom. The average molecular weight is 367 g/mol. The van der Waals surface area contributed by atoms with Crippen LogP contribution in [0, 0.1) is 0 Å². The summed E-state index contributed by atoms with van der Waals surface area (Å²) in [6.07, 6.45) is 0. The van der Waals surface area contributed by atoms with Crippen molar-refractivity contribution in [3.8, 4) is 23.3 Å². The zero-order chi connectivity index (χ0) is 19.6. The van der Waals surface area contributed by atoms with Gasteiger partial charge < -0.3 is 31.0 Å². The van der Waals surface area contributed by atoms with Crippen molar-refractivity contribution < 1.29 is 35.6 Å². The Hall–Kier alpha value is -3.60. The lowest BCUT2D eigenvalue weighted by atomic mass is 10.1. The number of aromatic hydroxyl groups is 4. The number of carbonyl (C=O) groups is 1. The highest BCUT2D eigenvalue weighted by Crippen LogP contribution is 2.30. The van der Waals surface area contributed by atoms with Crippen molar-refractivity contribution in [1.29, 1.82) is 0 Å². The van der Waals surface area contributed by atoms with Gasteiger partial charge in [-0.15, -0.1) is 4.73 Å². The van der Waals surface area contributed by atoms with Crippen LogP contribution in [0.2, 0.25) is 0 Å². The minimum Gasteiger partial charge on any atom is -0.505 e. The molecular weight excluding hydrogens is 350 g/mol. The van der Waals surface area contributed by atoms with Gasteiger partial charge in [0.15, 0.2) is 5.75 Å². The molecule has 0 aliphatic heterocycles. The zero-order valence-corrected chi connectivity index (χ0v) is 13.5. The quantitative estimate of drug-likeness (QED) is 0.284. The second kappa shape index (κ2) is 7.11. The number of phenols is 1. The Morgan fingerprint density at radius 3 is 2.42 bits per heavy atom. The number of aromatic nitrogens is 1. The van der Waals surface area contributed by atoms with Crippen molar-refractivity contribution in [2.75, 3.05) is 11.6 Å². The number of carbonyl (C=O) groups excluding carboxylic acids is 1. The first-order chi connectivity index (χ1) is 12.2. The highest BCUT2D eigenvalue weighted by molar-refractivity contribution is 5.98. The lowest BCUT2D eigenvalue weighted by Crippen LogP contribution is -2.27. The van der Waals surface area contributed by atoms with Crippen LogP contribution in [0.4, 0.5) is 5.69 Å². The molecular formula is C15H17N3O8. The van der Waals surface area contributed by atoms with E-state index < -0.39 is 46.7 Å². The van der Waals surface area contributed by atoms with Crippen LogP contribution in [-0.2, 0) is 6.54 Å². The summed E-state index contributed by atoms with van der Waals surface area (Å²) in [4.78, 5) is 24.1. The number of hydrogen-bond donors (Lipinski definition) is 7. The second-order valence-electron chi connectivity index (χ2n) is 5.19. The van der Waals surface area contributed by atoms with E-state index in [1.807, 2.05) is 0 Å². The fourth-order valence-electron chi connectivity index (χ4n) is 2.19. The molecule has 140 valence electrons. The SMILES string of the molecule is CCN(O)c1cccc(C(=O)NCc2c(O)n(O)c(O)c(O)c2=O)c1O. The molecule has 0 fully saturated rings. The Morgan fingerprint density at radius 1 is 1.15 bits per heavy atom. The fourth-order valence-corrected chi connectivity index (χ4v) is 2.19. The smallest absolute Gasteiger partial charge is 0.275 e. The molecule has 0 saturated heterocycles. The molecule has 0 aliphatic carbocycles. The number of amides is 1. The number of anilines is 1. The van der Waals surface area contributed by atoms with E-state index in [9.17, 15) is 40.4 Å². The van der Waals surface area contributed by atoms with Crippen molar-refractivity contribution in [2.45, 2.75) is 13.5 Å². The number of phenolic OH excluding ortho intramolecular Hbond substituents is 1. The lowest BCUT2D eigenvalue weighted by Gasteiger charge is -2.17. The van der Waals surface area contributed by atoms with Crippen LogP contribution in [0.15, 0.2) is 23.0 Å². The Bertz CT molecular complexity index is 909. The Labute approximate surface area is 146 Å². The van der Waals surface area contributed by atoms with Crippen molar-refractivity contribution in [3.63, 3.8) is 0 Å². The zero-order valence-electron chi connectivity index (χ0n) is 13.5. The molecule has 0 bridgehead atoms. The lowest BCUT2D eigenvalue weighted by molar-refractivity contribution is 0.0944. The van der Waals surface area contributed by atoms with Crippen LogP contribution < -0.4 is 15.8 Å². The molecule has 1 heterocycles. The van der Waals surface area contributed by atoms with Gasteiger partial charge in [0.25, 0.3) is 11.8 Å². The summed E-state index contributed by atoms with van der Waals surface area (Å²) in [7, 11) is 0. The van der Waals surface area contributed by atoms with Crippen LogP contribution in [0.3, 0.4) is 0 Å². The van der Waals surface area contributed by atoms with E-state index in [1.165, 1.54) is 18.2 Å². The Kier molecular flexibility index (Phi) is 5.12. The van der Waals surface area contributed by atoms with E-state index >= 15 is 0 Å². The van der Waals surface area contributed by atoms with Gasteiger partial charge in [0.2, 0.25) is 17.1 Å². The number of hydroxylamine groups is 1. The van der Waals surface area contributed by atoms with E-state index in [4.69, 9.17) is 0 Å². The summed E-state index contributed by atoms with van der Waals surface area (Å²) in [6, 6.07) is 4.05. The van der Waals surface area contributed by atoms with Gasteiger partial charge in [-0.05, 0) is 19.1 Å². The molecule has 1 aromatic carbocycles. The standard InChI is InChI=1S/C15H17N3O8/c1-2-17(25)9-5-3-4-7(10(9)19)13(22)16-6-8-11(20)12(21)15(24)18(26)14(8)23/h3-5,19,21,23-26H,2,6H2,1H3,(H,16,22). The highest BCUT2D eigenvalue weighted by atomic mass is 16.5. The second-order valence-corrected chi connectivity index (χ2v) is 5.19. The first-order valence-electron chi connectivity index (χ1n) is 7.35. The molecule has 0 aliphatic rings. The van der Waals surface area contributed by atoms with Gasteiger partial charge in [-0.2, -0.15) is 0 Å². The molecule has 26 heavy (non-hydrogen) atoms. The molecule has 2 aromatic rings. The van der Waals surface area contributed by atoms with Gasteiger partial charge in [0.05, 0.1) is 17.7 Å². The van der Waals surface area contributed by atoms with Gasteiger partial charge in [-0.25, -0.2) is 0 Å². The molecule has 7 N–H and O–H groups in total. The van der Waals surface area contributed by atoms with E-state index in [1.54, 1.807) is 6.92 Å². The monoisotopic (exact) mass is 367 g/mol. The number of hydrogen-bond acceptors (Lipinski definition) is 9. The third-order valence-electron chi connectivity index (χ3n) is 3.63. The largest absolute Gasteiger partial charge is 0.505 e. The maximum Gasteiger partial charge on any atom is 0.275 e. The minimum absolute atomic E-state index is 0.0111. The first-order valence-corrected chi connectivity index (χ1v) is 7.35. The van der Waals surface area contributed by atoms with Crippen molar-refractivity contribution in [3.05, 3.63) is 39.5 Å². The number of rotatable bonds is 5. The van der Waals surface area contributed by atoms with Crippen LogP contribution in [0.5, 0.6) is 23.3 Å². The van der Waals surface area contributed by atoms with Gasteiger partial charge in [0.1, 0.15) is 5.69 Å². The predicted octanol–water partition coefficient (Wildman–Crippen LogP) is 0.0535. The van der Waals surface area contributed by atoms with E-state index in [0.29, 0.717) is 0 Å². The molecule has 11 heteroatoms. The van der Waals surface area contributed by atoms with E-state index in [-0.39, 0.29) is 22.5 Å². The van der Waals surface area contributed by atoms with Gasteiger partial charge in [-0.1, -0.05) is 6.07 Å². The van der Waals surface area contributed by atoms with Crippen LogP contribution in [0.25, 0.3) is 0 Å². The number of para-hydroxylation sites is 1. The van der Waals surface area contributed by atoms with Crippen molar-refractivity contribution in [1.82, 2.24) is 10.0 Å². The number of nitrogens with one attached hydrogen (secondary N) is 1. The molecule has 1 amide bonds. The number of nitrogens with zero attached hydrogens (tertiary/aromatic N) is 2.